The van der Waals surface area contributed by atoms with Crippen LogP contribution < -0.4 is 11.1 Å². The van der Waals surface area contributed by atoms with Gasteiger partial charge in [0.15, 0.2) is 0 Å². The molecule has 5 nitrogen and oxygen atoms in total. The molecule has 1 aliphatic carbocycles. The fraction of sp³-hybridized carbons (Fsp3) is 0.579. The molecular formula is C19H28N2O3. The van der Waals surface area contributed by atoms with E-state index in [9.17, 15) is 9.59 Å². The summed E-state index contributed by atoms with van der Waals surface area (Å²) in [6.45, 7) is 4.70. The molecule has 0 aromatic heterocycles. The first-order chi connectivity index (χ1) is 11.4. The Balaban J connectivity index is 1.70. The minimum Gasteiger partial charge on any atom is -0.461 e. The average Bonchev–Trinajstić information content (AvgIpc) is 2.56. The number of ether oxygens (including phenoxy) is 1. The Morgan fingerprint density at radius 3 is 2.50 bits per heavy atom. The molecule has 1 fully saturated rings. The summed E-state index contributed by atoms with van der Waals surface area (Å²) in [6.07, 6.45) is 4.00. The first kappa shape index (κ1) is 18.5. The van der Waals surface area contributed by atoms with Crippen molar-refractivity contribution in [3.63, 3.8) is 0 Å². The second-order valence-electron chi connectivity index (χ2n) is 7.40. The third-order valence-electron chi connectivity index (χ3n) is 4.65. The molecule has 0 spiro atoms. The lowest BCUT2D eigenvalue weighted by Gasteiger charge is -2.34. The summed E-state index contributed by atoms with van der Waals surface area (Å²) in [4.78, 5) is 24.0. The van der Waals surface area contributed by atoms with E-state index in [-0.39, 0.29) is 25.0 Å². The van der Waals surface area contributed by atoms with Crippen molar-refractivity contribution in [1.82, 2.24) is 5.32 Å². The van der Waals surface area contributed by atoms with Gasteiger partial charge in [-0.25, -0.2) is 0 Å². The summed E-state index contributed by atoms with van der Waals surface area (Å²) in [5.74, 6) is -0.720. The first-order valence-corrected chi connectivity index (χ1v) is 8.61. The van der Waals surface area contributed by atoms with Crippen LogP contribution in [0.15, 0.2) is 30.3 Å². The molecule has 1 atom stereocenters. The van der Waals surface area contributed by atoms with Crippen molar-refractivity contribution in [2.75, 3.05) is 0 Å². The average molecular weight is 332 g/mol. The van der Waals surface area contributed by atoms with Gasteiger partial charge < -0.3 is 15.8 Å². The molecule has 1 amide bonds. The number of carbonyl (C=O) groups excluding carboxylic acids is 2. The van der Waals surface area contributed by atoms with Crippen molar-refractivity contribution in [3.05, 3.63) is 35.9 Å². The second kappa shape index (κ2) is 8.29. The predicted octanol–water partition coefficient (Wildman–Crippen LogP) is 2.53. The fourth-order valence-corrected chi connectivity index (χ4v) is 2.92. The monoisotopic (exact) mass is 332 g/mol. The fourth-order valence-electron chi connectivity index (χ4n) is 2.92. The topological polar surface area (TPSA) is 81.4 Å². The Labute approximate surface area is 143 Å². The van der Waals surface area contributed by atoms with Crippen LogP contribution in [-0.4, -0.2) is 24.0 Å². The van der Waals surface area contributed by atoms with Crippen LogP contribution >= 0.6 is 0 Å². The van der Waals surface area contributed by atoms with E-state index < -0.39 is 12.0 Å². The van der Waals surface area contributed by atoms with Gasteiger partial charge in [-0.1, -0.05) is 44.2 Å². The number of amides is 1. The number of esters is 1. The Hall–Kier alpha value is -1.88. The normalized spacial score (nSPS) is 18.6. The van der Waals surface area contributed by atoms with Crippen LogP contribution in [0.3, 0.4) is 0 Å². The molecule has 132 valence electrons. The molecule has 1 aromatic rings. The van der Waals surface area contributed by atoms with Gasteiger partial charge in [0.1, 0.15) is 6.61 Å². The van der Waals surface area contributed by atoms with Gasteiger partial charge in [0, 0.05) is 6.04 Å². The van der Waals surface area contributed by atoms with Crippen LogP contribution in [0.25, 0.3) is 0 Å². The third kappa shape index (κ3) is 5.96. The lowest BCUT2D eigenvalue weighted by atomic mass is 9.75. The summed E-state index contributed by atoms with van der Waals surface area (Å²) >= 11 is 0. The smallest absolute Gasteiger partial charge is 0.308 e. The summed E-state index contributed by atoms with van der Waals surface area (Å²) < 4.78 is 5.17. The number of rotatable bonds is 6. The molecule has 5 heteroatoms. The van der Waals surface area contributed by atoms with Crippen molar-refractivity contribution in [2.24, 2.45) is 11.1 Å². The molecule has 0 saturated heterocycles. The number of hydrogen-bond acceptors (Lipinski definition) is 4. The van der Waals surface area contributed by atoms with E-state index in [0.29, 0.717) is 5.41 Å². The zero-order valence-corrected chi connectivity index (χ0v) is 14.6. The molecule has 1 saturated carbocycles. The van der Waals surface area contributed by atoms with Crippen molar-refractivity contribution in [2.45, 2.75) is 64.6 Å². The standard InChI is InChI=1S/C19H28N2O3/c1-19(2)10-8-15(9-11-19)21-18(23)16(20)12-17(22)24-13-14-6-4-3-5-7-14/h3-7,15-16H,8-13,20H2,1-2H3,(H,21,23)/t16-/m0/s1. The van der Waals surface area contributed by atoms with Gasteiger partial charge >= 0.3 is 5.97 Å². The molecule has 0 heterocycles. The molecule has 24 heavy (non-hydrogen) atoms. The zero-order valence-electron chi connectivity index (χ0n) is 14.6. The maximum atomic E-state index is 12.1. The highest BCUT2D eigenvalue weighted by Crippen LogP contribution is 2.34. The molecule has 0 unspecified atom stereocenters. The van der Waals surface area contributed by atoms with E-state index in [1.165, 1.54) is 0 Å². The maximum absolute atomic E-state index is 12.1. The Morgan fingerprint density at radius 2 is 1.88 bits per heavy atom. The van der Waals surface area contributed by atoms with Gasteiger partial charge in [-0.15, -0.1) is 0 Å². The summed E-state index contributed by atoms with van der Waals surface area (Å²) in [5.41, 5.74) is 7.11. The quantitative estimate of drug-likeness (QED) is 0.784. The maximum Gasteiger partial charge on any atom is 0.308 e. The van der Waals surface area contributed by atoms with E-state index in [2.05, 4.69) is 19.2 Å². The van der Waals surface area contributed by atoms with Gasteiger partial charge in [-0.05, 0) is 36.7 Å². The van der Waals surface area contributed by atoms with Crippen LogP contribution in [0.1, 0.15) is 51.5 Å². The van der Waals surface area contributed by atoms with Crippen LogP contribution in [0, 0.1) is 5.41 Å². The SMILES string of the molecule is CC1(C)CCC(NC(=O)[C@@H](N)CC(=O)OCc2ccccc2)CC1. The van der Waals surface area contributed by atoms with Crippen molar-refractivity contribution in [3.8, 4) is 0 Å². The van der Waals surface area contributed by atoms with E-state index in [1.807, 2.05) is 30.3 Å². The minimum absolute atomic E-state index is 0.100. The highest BCUT2D eigenvalue weighted by atomic mass is 16.5. The molecule has 0 radical (unpaired) electrons. The third-order valence-corrected chi connectivity index (χ3v) is 4.65. The number of hydrogen-bond donors (Lipinski definition) is 2. The zero-order chi connectivity index (χ0) is 17.6. The summed E-state index contributed by atoms with van der Waals surface area (Å²) in [6, 6.07) is 8.73. The van der Waals surface area contributed by atoms with E-state index in [0.717, 1.165) is 31.2 Å². The van der Waals surface area contributed by atoms with E-state index in [4.69, 9.17) is 10.5 Å². The summed E-state index contributed by atoms with van der Waals surface area (Å²) in [7, 11) is 0. The molecule has 1 aromatic carbocycles. The molecule has 1 aliphatic rings. The molecule has 3 N–H and O–H groups in total. The Bertz CT molecular complexity index is 547. The van der Waals surface area contributed by atoms with Gasteiger partial charge in [0.25, 0.3) is 0 Å². The highest BCUT2D eigenvalue weighted by Gasteiger charge is 2.29. The molecule has 0 bridgehead atoms. The van der Waals surface area contributed by atoms with Crippen LogP contribution in [0.4, 0.5) is 0 Å². The van der Waals surface area contributed by atoms with E-state index in [1.54, 1.807) is 0 Å². The Morgan fingerprint density at radius 1 is 1.25 bits per heavy atom. The van der Waals surface area contributed by atoms with E-state index >= 15 is 0 Å². The predicted molar refractivity (Wildman–Crippen MR) is 93.0 cm³/mol. The first-order valence-electron chi connectivity index (χ1n) is 8.61. The van der Waals surface area contributed by atoms with Crippen molar-refractivity contribution < 1.29 is 14.3 Å². The van der Waals surface area contributed by atoms with Gasteiger partial charge in [-0.2, -0.15) is 0 Å². The second-order valence-corrected chi connectivity index (χ2v) is 7.40. The van der Waals surface area contributed by atoms with Crippen LogP contribution in [-0.2, 0) is 20.9 Å². The Kier molecular flexibility index (Phi) is 6.37. The van der Waals surface area contributed by atoms with Gasteiger partial charge in [-0.3, -0.25) is 9.59 Å². The number of carbonyl (C=O) groups is 2. The van der Waals surface area contributed by atoms with Crippen LogP contribution in [0.2, 0.25) is 0 Å². The summed E-state index contributed by atoms with van der Waals surface area (Å²) in [5, 5.41) is 2.96. The largest absolute Gasteiger partial charge is 0.461 e. The lowest BCUT2D eigenvalue weighted by Crippen LogP contribution is -2.47. The highest BCUT2D eigenvalue weighted by molar-refractivity contribution is 5.86. The van der Waals surface area contributed by atoms with Crippen LogP contribution in [0.5, 0.6) is 0 Å². The van der Waals surface area contributed by atoms with Crippen molar-refractivity contribution >= 4 is 11.9 Å². The lowest BCUT2D eigenvalue weighted by molar-refractivity contribution is -0.146. The number of benzene rings is 1. The number of nitrogens with two attached hydrogens (primary N) is 1. The number of nitrogens with one attached hydrogen (secondary N) is 1. The molecular weight excluding hydrogens is 304 g/mol. The van der Waals surface area contributed by atoms with Crippen molar-refractivity contribution in [1.29, 1.82) is 0 Å². The van der Waals surface area contributed by atoms with Gasteiger partial charge in [0.2, 0.25) is 5.91 Å². The molecule has 2 rings (SSSR count). The van der Waals surface area contributed by atoms with Gasteiger partial charge in [0.05, 0.1) is 12.5 Å². The molecule has 0 aliphatic heterocycles. The minimum atomic E-state index is -0.858.